The number of hydrogen-bond donors (Lipinski definition) is 1. The average molecular weight is 691 g/mol. The number of phenolic OH excluding ortho intramolecular Hbond substituents is 1. The van der Waals surface area contributed by atoms with Crippen LogP contribution in [0.5, 0.6) is 11.8 Å². The highest BCUT2D eigenvalue weighted by Crippen LogP contribution is 2.41. The van der Waals surface area contributed by atoms with Gasteiger partial charge in [0.1, 0.15) is 35.0 Å². The summed E-state index contributed by atoms with van der Waals surface area (Å²) in [6.07, 6.45) is 7.00. The van der Waals surface area contributed by atoms with Crippen molar-refractivity contribution in [2.75, 3.05) is 38.2 Å². The van der Waals surface area contributed by atoms with Gasteiger partial charge < -0.3 is 19.5 Å². The molecule has 0 aliphatic carbocycles. The molecule has 0 spiro atoms. The minimum atomic E-state index is -0.658. The summed E-state index contributed by atoms with van der Waals surface area (Å²) in [7, 11) is 2.13. The number of hydrogen-bond acceptors (Lipinski definition) is 9. The quantitative estimate of drug-likeness (QED) is 0.210. The molecule has 3 aliphatic rings. The molecule has 3 saturated heterocycles. The first-order chi connectivity index (χ1) is 23.4. The maximum absolute atomic E-state index is 16.9. The fourth-order valence-electron chi connectivity index (χ4n) is 8.06. The Hall–Kier alpha value is -3.96. The summed E-state index contributed by atoms with van der Waals surface area (Å²) in [6, 6.07) is 8.32. The minimum Gasteiger partial charge on any atom is -0.508 e. The first-order valence-electron chi connectivity index (χ1n) is 17.3. The summed E-state index contributed by atoms with van der Waals surface area (Å²) in [6.45, 7) is 10.2. The van der Waals surface area contributed by atoms with E-state index in [0.717, 1.165) is 45.1 Å². The summed E-state index contributed by atoms with van der Waals surface area (Å²) in [5.74, 6) is -0.171. The van der Waals surface area contributed by atoms with Crippen molar-refractivity contribution in [2.45, 2.75) is 89.4 Å². The SMILES string of the molecule is CCCC1(COc2nc(N3CC4CCC(C3)N4C(=O)OC(C)(C)C)c3cnc(-c4cc(O)cc5cccc(Cl)c45)c(F)c3n2)CCCN1C. The Labute approximate surface area is 291 Å². The first-order valence-corrected chi connectivity index (χ1v) is 17.6. The summed E-state index contributed by atoms with van der Waals surface area (Å²) < 4.78 is 29.1. The fraction of sp³-hybridized carbons (Fsp3) is 0.514. The lowest BCUT2D eigenvalue weighted by molar-refractivity contribution is 0.0122. The molecule has 2 aromatic heterocycles. The zero-order chi connectivity index (χ0) is 34.7. The summed E-state index contributed by atoms with van der Waals surface area (Å²) >= 11 is 6.62. The molecule has 3 atom stereocenters. The Morgan fingerprint density at radius 1 is 1.16 bits per heavy atom. The molecule has 2 bridgehead atoms. The number of rotatable bonds is 7. The number of likely N-dealkylation sites (tertiary alicyclic amines) is 1. The number of phenols is 1. The van der Waals surface area contributed by atoms with Crippen LogP contribution in [0.3, 0.4) is 0 Å². The van der Waals surface area contributed by atoms with Crippen LogP contribution in [-0.4, -0.2) is 92.5 Å². The third-order valence-corrected chi connectivity index (χ3v) is 10.6. The van der Waals surface area contributed by atoms with Gasteiger partial charge in [0.15, 0.2) is 5.82 Å². The Morgan fingerprint density at radius 2 is 1.92 bits per heavy atom. The predicted octanol–water partition coefficient (Wildman–Crippen LogP) is 7.57. The maximum Gasteiger partial charge on any atom is 0.410 e. The number of halogens is 2. The number of anilines is 1. The monoisotopic (exact) mass is 690 g/mol. The Balaban J connectivity index is 1.32. The normalized spacial score (nSPS) is 22.8. The largest absolute Gasteiger partial charge is 0.508 e. The number of fused-ring (bicyclic) bond motifs is 4. The molecule has 49 heavy (non-hydrogen) atoms. The minimum absolute atomic E-state index is 0.0184. The number of aromatic nitrogens is 3. The topological polar surface area (TPSA) is 104 Å². The molecule has 260 valence electrons. The van der Waals surface area contributed by atoms with Crippen molar-refractivity contribution >= 4 is 45.2 Å². The summed E-state index contributed by atoms with van der Waals surface area (Å²) in [4.78, 5) is 33.7. The van der Waals surface area contributed by atoms with Gasteiger partial charge in [0.05, 0.1) is 23.0 Å². The van der Waals surface area contributed by atoms with E-state index in [1.807, 2.05) is 31.7 Å². The van der Waals surface area contributed by atoms with Crippen LogP contribution in [0.4, 0.5) is 15.0 Å². The van der Waals surface area contributed by atoms with E-state index >= 15 is 4.39 Å². The molecule has 3 aliphatic heterocycles. The maximum atomic E-state index is 16.9. The van der Waals surface area contributed by atoms with E-state index in [1.165, 1.54) is 6.07 Å². The van der Waals surface area contributed by atoms with E-state index in [0.29, 0.717) is 52.3 Å². The molecule has 12 heteroatoms. The van der Waals surface area contributed by atoms with Crippen LogP contribution in [0.25, 0.3) is 32.9 Å². The van der Waals surface area contributed by atoms with Crippen molar-refractivity contribution < 1.29 is 23.8 Å². The van der Waals surface area contributed by atoms with Crippen LogP contribution < -0.4 is 9.64 Å². The van der Waals surface area contributed by atoms with E-state index < -0.39 is 11.4 Å². The van der Waals surface area contributed by atoms with E-state index in [1.54, 1.807) is 24.4 Å². The van der Waals surface area contributed by atoms with Crippen molar-refractivity contribution in [3.8, 4) is 23.0 Å². The second kappa shape index (κ2) is 12.7. The van der Waals surface area contributed by atoms with Gasteiger partial charge in [0.25, 0.3) is 0 Å². The average Bonchev–Trinajstić information content (AvgIpc) is 3.54. The van der Waals surface area contributed by atoms with E-state index in [-0.39, 0.29) is 46.7 Å². The highest BCUT2D eigenvalue weighted by Gasteiger charge is 2.45. The molecule has 1 N–H and O–H groups in total. The smallest absolute Gasteiger partial charge is 0.410 e. The zero-order valence-electron chi connectivity index (χ0n) is 28.8. The van der Waals surface area contributed by atoms with Gasteiger partial charge in [-0.05, 0) is 90.1 Å². The van der Waals surface area contributed by atoms with Gasteiger partial charge in [-0.25, -0.2) is 9.18 Å². The van der Waals surface area contributed by atoms with Crippen LogP contribution in [-0.2, 0) is 4.74 Å². The molecule has 0 radical (unpaired) electrons. The summed E-state index contributed by atoms with van der Waals surface area (Å²) in [5.41, 5.74) is -0.298. The molecule has 3 fully saturated rings. The van der Waals surface area contributed by atoms with Crippen molar-refractivity contribution in [2.24, 2.45) is 0 Å². The van der Waals surface area contributed by atoms with Gasteiger partial charge in [0, 0.05) is 35.3 Å². The number of piperazine rings is 1. The third kappa shape index (κ3) is 6.20. The van der Waals surface area contributed by atoms with Gasteiger partial charge in [-0.2, -0.15) is 9.97 Å². The number of ether oxygens (including phenoxy) is 2. The molecular weight excluding hydrogens is 647 g/mol. The molecule has 1 amide bonds. The Kier molecular flexibility index (Phi) is 8.71. The van der Waals surface area contributed by atoms with Crippen molar-refractivity contribution in [1.82, 2.24) is 24.8 Å². The van der Waals surface area contributed by atoms with Gasteiger partial charge in [-0.1, -0.05) is 37.1 Å². The molecule has 0 saturated carbocycles. The lowest BCUT2D eigenvalue weighted by Gasteiger charge is -2.42. The Bertz CT molecular complexity index is 1910. The highest BCUT2D eigenvalue weighted by atomic mass is 35.5. The Morgan fingerprint density at radius 3 is 2.59 bits per heavy atom. The van der Waals surface area contributed by atoms with E-state index in [2.05, 4.69) is 33.7 Å². The van der Waals surface area contributed by atoms with Crippen LogP contribution in [0.2, 0.25) is 5.02 Å². The van der Waals surface area contributed by atoms with Crippen LogP contribution in [0, 0.1) is 5.82 Å². The number of pyridine rings is 1. The standard InChI is InChI=1S/C37H44ClFN6O4/c1-6-13-37(14-8-15-43(37)5)21-48-34-41-32-27(18-40-31(30(32)39)26-17-25(46)16-22-9-7-10-28(38)29(22)26)33(42-34)44-19-23-11-12-24(20-44)45(23)35(47)49-36(2,3)4/h7,9-10,16-18,23-24,46H,6,8,11-15,19-21H2,1-5H3. The molecule has 4 aromatic rings. The van der Waals surface area contributed by atoms with Gasteiger partial charge in [-0.3, -0.25) is 14.8 Å². The third-order valence-electron chi connectivity index (χ3n) is 10.3. The fourth-order valence-corrected chi connectivity index (χ4v) is 8.35. The van der Waals surface area contributed by atoms with E-state index in [4.69, 9.17) is 26.1 Å². The zero-order valence-corrected chi connectivity index (χ0v) is 29.6. The number of carbonyl (C=O) groups excluding carboxylic acids is 1. The van der Waals surface area contributed by atoms with Gasteiger partial charge >= 0.3 is 12.1 Å². The number of amides is 1. The number of nitrogens with zero attached hydrogens (tertiary/aromatic N) is 6. The van der Waals surface area contributed by atoms with Crippen LogP contribution in [0.15, 0.2) is 36.5 Å². The number of likely N-dealkylation sites (N-methyl/N-ethyl adjacent to an activating group) is 1. The van der Waals surface area contributed by atoms with Crippen LogP contribution in [0.1, 0.15) is 66.2 Å². The lowest BCUT2D eigenvalue weighted by atomic mass is 9.92. The number of aromatic hydroxyl groups is 1. The summed E-state index contributed by atoms with van der Waals surface area (Å²) in [5, 5.41) is 12.7. The molecule has 10 nitrogen and oxygen atoms in total. The van der Waals surface area contributed by atoms with Gasteiger partial charge in [0.2, 0.25) is 0 Å². The molecule has 2 aromatic carbocycles. The molecule has 7 rings (SSSR count). The predicted molar refractivity (Wildman–Crippen MR) is 189 cm³/mol. The van der Waals surface area contributed by atoms with Crippen LogP contribution >= 0.6 is 11.6 Å². The first kappa shape index (κ1) is 33.5. The number of carbonyl (C=O) groups is 1. The van der Waals surface area contributed by atoms with E-state index in [9.17, 15) is 9.90 Å². The van der Waals surface area contributed by atoms with Crippen molar-refractivity contribution in [3.05, 3.63) is 47.4 Å². The highest BCUT2D eigenvalue weighted by molar-refractivity contribution is 6.36. The lowest BCUT2D eigenvalue weighted by Crippen LogP contribution is -2.57. The van der Waals surface area contributed by atoms with Crippen molar-refractivity contribution in [3.63, 3.8) is 0 Å². The molecular formula is C37H44ClFN6O4. The number of benzene rings is 2. The van der Waals surface area contributed by atoms with Gasteiger partial charge in [-0.15, -0.1) is 0 Å². The molecule has 3 unspecified atom stereocenters. The van der Waals surface area contributed by atoms with Crippen molar-refractivity contribution in [1.29, 1.82) is 0 Å². The molecule has 5 heterocycles. The second-order valence-electron chi connectivity index (χ2n) is 14.8. The second-order valence-corrected chi connectivity index (χ2v) is 15.2.